The van der Waals surface area contributed by atoms with Crippen molar-refractivity contribution in [3.63, 3.8) is 0 Å². The van der Waals surface area contributed by atoms with Crippen LogP contribution in [0.3, 0.4) is 0 Å². The smallest absolute Gasteiger partial charge is 0.257 e. The van der Waals surface area contributed by atoms with Gasteiger partial charge in [0.05, 0.1) is 0 Å². The molecule has 2 aromatic rings. The first-order valence-corrected chi connectivity index (χ1v) is 8.18. The maximum Gasteiger partial charge on any atom is 0.257 e. The molecule has 0 unspecified atom stereocenters. The molecule has 1 atom stereocenters. The minimum absolute atomic E-state index is 0. The van der Waals surface area contributed by atoms with Crippen molar-refractivity contribution in [2.45, 2.75) is 31.7 Å². The summed E-state index contributed by atoms with van der Waals surface area (Å²) in [6.45, 7) is 4.50. The number of benzene rings is 1. The lowest BCUT2D eigenvalue weighted by molar-refractivity contribution is 0.0656. The number of hydrogen-bond donors (Lipinski definition) is 1. The second-order valence-electron chi connectivity index (χ2n) is 6.36. The van der Waals surface area contributed by atoms with E-state index >= 15 is 0 Å². The van der Waals surface area contributed by atoms with Gasteiger partial charge in [-0.05, 0) is 44.0 Å². The lowest BCUT2D eigenvalue weighted by Gasteiger charge is -2.34. The average Bonchev–Trinajstić information content (AvgIpc) is 3.32. The number of halogens is 1. The van der Waals surface area contributed by atoms with Gasteiger partial charge in [0.25, 0.3) is 11.8 Å². The molecule has 6 nitrogen and oxygen atoms in total. The van der Waals surface area contributed by atoms with Crippen LogP contribution in [0.4, 0.5) is 0 Å². The zero-order valence-corrected chi connectivity index (χ0v) is 14.4. The predicted octanol–water partition coefficient (Wildman–Crippen LogP) is 2.47. The highest BCUT2D eigenvalue weighted by molar-refractivity contribution is 5.94. The molecule has 0 radical (unpaired) electrons. The minimum atomic E-state index is 0. The van der Waals surface area contributed by atoms with Crippen LogP contribution < -0.4 is 5.32 Å². The minimum Gasteiger partial charge on any atom is -0.334 e. The summed E-state index contributed by atoms with van der Waals surface area (Å²) in [7, 11) is 0. The number of hydrogen-bond acceptors (Lipinski definition) is 5. The molecule has 2 heterocycles. The van der Waals surface area contributed by atoms with Crippen LogP contribution in [0, 0.1) is 0 Å². The molecule has 0 spiro atoms. The molecule has 128 valence electrons. The van der Waals surface area contributed by atoms with Crippen LogP contribution in [-0.2, 0) is 0 Å². The highest BCUT2D eigenvalue weighted by Crippen LogP contribution is 2.38. The van der Waals surface area contributed by atoms with Gasteiger partial charge in [0, 0.05) is 42.7 Å². The molecule has 7 heteroatoms. The number of amides is 1. The van der Waals surface area contributed by atoms with Gasteiger partial charge in [0.1, 0.15) is 0 Å². The molecular formula is C17H21ClN4O2. The van der Waals surface area contributed by atoms with E-state index in [9.17, 15) is 4.79 Å². The van der Waals surface area contributed by atoms with Gasteiger partial charge < -0.3 is 14.7 Å². The van der Waals surface area contributed by atoms with Crippen LogP contribution in [-0.4, -0.2) is 46.6 Å². The molecule has 1 saturated carbocycles. The van der Waals surface area contributed by atoms with E-state index < -0.39 is 0 Å². The monoisotopic (exact) mass is 348 g/mol. The van der Waals surface area contributed by atoms with Crippen molar-refractivity contribution in [2.24, 2.45) is 0 Å². The second-order valence-corrected chi connectivity index (χ2v) is 6.36. The maximum atomic E-state index is 12.6. The van der Waals surface area contributed by atoms with Crippen LogP contribution in [0.25, 0.3) is 11.5 Å². The maximum absolute atomic E-state index is 12.6. The third-order valence-corrected chi connectivity index (χ3v) is 4.53. The summed E-state index contributed by atoms with van der Waals surface area (Å²) in [5.74, 6) is 1.88. The van der Waals surface area contributed by atoms with E-state index in [0.717, 1.165) is 43.9 Å². The lowest BCUT2D eigenvalue weighted by Crippen LogP contribution is -2.52. The zero-order valence-electron chi connectivity index (χ0n) is 13.6. The summed E-state index contributed by atoms with van der Waals surface area (Å²) in [6.07, 6.45) is 2.30. The Morgan fingerprint density at radius 1 is 1.29 bits per heavy atom. The van der Waals surface area contributed by atoms with Crippen LogP contribution in [0.15, 0.2) is 28.8 Å². The van der Waals surface area contributed by atoms with Crippen molar-refractivity contribution in [1.29, 1.82) is 0 Å². The number of aromatic nitrogens is 2. The van der Waals surface area contributed by atoms with Gasteiger partial charge in [0.2, 0.25) is 0 Å². The fraction of sp³-hybridized carbons (Fsp3) is 0.471. The normalized spacial score (nSPS) is 20.5. The summed E-state index contributed by atoms with van der Waals surface area (Å²) in [4.78, 5) is 19.0. The first-order chi connectivity index (χ1) is 11.2. The summed E-state index contributed by atoms with van der Waals surface area (Å²) in [5.41, 5.74) is 1.55. The number of carbonyl (C=O) groups is 1. The first kappa shape index (κ1) is 16.9. The first-order valence-electron chi connectivity index (χ1n) is 8.18. The van der Waals surface area contributed by atoms with E-state index in [-0.39, 0.29) is 24.4 Å². The molecule has 1 aliphatic heterocycles. The molecule has 4 rings (SSSR count). The SMILES string of the molecule is C[C@@H]1CNCCN1C(=O)c1ccc(-c2nc(C3CC3)no2)cc1.Cl. The number of rotatable bonds is 3. The molecule has 1 aromatic heterocycles. The Labute approximate surface area is 147 Å². The number of piperazine rings is 1. The molecule has 2 fully saturated rings. The van der Waals surface area contributed by atoms with Crippen molar-refractivity contribution in [2.75, 3.05) is 19.6 Å². The number of nitrogens with zero attached hydrogens (tertiary/aromatic N) is 3. The fourth-order valence-electron chi connectivity index (χ4n) is 2.92. The Hall–Kier alpha value is -1.92. The third-order valence-electron chi connectivity index (χ3n) is 4.53. The fourth-order valence-corrected chi connectivity index (χ4v) is 2.92. The molecule has 1 aromatic carbocycles. The van der Waals surface area contributed by atoms with E-state index in [0.29, 0.717) is 17.4 Å². The van der Waals surface area contributed by atoms with Gasteiger partial charge in [-0.15, -0.1) is 12.4 Å². The van der Waals surface area contributed by atoms with Crippen molar-refractivity contribution >= 4 is 18.3 Å². The van der Waals surface area contributed by atoms with Gasteiger partial charge in [-0.2, -0.15) is 4.98 Å². The van der Waals surface area contributed by atoms with Gasteiger partial charge in [-0.1, -0.05) is 5.16 Å². The quantitative estimate of drug-likeness (QED) is 0.922. The molecule has 1 N–H and O–H groups in total. The summed E-state index contributed by atoms with van der Waals surface area (Å²) < 4.78 is 5.32. The summed E-state index contributed by atoms with van der Waals surface area (Å²) in [6, 6.07) is 7.66. The van der Waals surface area contributed by atoms with Crippen molar-refractivity contribution in [1.82, 2.24) is 20.4 Å². The molecule has 1 saturated heterocycles. The molecule has 1 aliphatic carbocycles. The molecule has 1 amide bonds. The van der Waals surface area contributed by atoms with Crippen LogP contribution in [0.1, 0.15) is 41.9 Å². The molecule has 24 heavy (non-hydrogen) atoms. The van der Waals surface area contributed by atoms with Gasteiger partial charge in [-0.3, -0.25) is 4.79 Å². The Kier molecular flexibility index (Phi) is 4.87. The van der Waals surface area contributed by atoms with E-state index in [2.05, 4.69) is 22.4 Å². The predicted molar refractivity (Wildman–Crippen MR) is 92.3 cm³/mol. The summed E-state index contributed by atoms with van der Waals surface area (Å²) in [5, 5.41) is 7.32. The van der Waals surface area contributed by atoms with Crippen LogP contribution in [0.2, 0.25) is 0 Å². The van der Waals surface area contributed by atoms with Crippen LogP contribution >= 0.6 is 12.4 Å². The topological polar surface area (TPSA) is 71.3 Å². The second kappa shape index (κ2) is 6.91. The van der Waals surface area contributed by atoms with Crippen LogP contribution in [0.5, 0.6) is 0 Å². The van der Waals surface area contributed by atoms with E-state index in [1.54, 1.807) is 0 Å². The number of nitrogens with one attached hydrogen (secondary N) is 1. The zero-order chi connectivity index (χ0) is 15.8. The highest BCUT2D eigenvalue weighted by Gasteiger charge is 2.29. The highest BCUT2D eigenvalue weighted by atomic mass is 35.5. The number of carbonyl (C=O) groups excluding carboxylic acids is 1. The van der Waals surface area contributed by atoms with E-state index in [4.69, 9.17) is 4.52 Å². The standard InChI is InChI=1S/C17H20N4O2.ClH/c1-11-10-18-8-9-21(11)17(22)14-6-4-13(5-7-14)16-19-15(20-23-16)12-2-3-12;/h4-7,11-12,18H,2-3,8-10H2,1H3;1H/t11-;/m1./s1. The van der Waals surface area contributed by atoms with Gasteiger partial charge >= 0.3 is 0 Å². The van der Waals surface area contributed by atoms with E-state index in [1.165, 1.54) is 0 Å². The van der Waals surface area contributed by atoms with E-state index in [1.807, 2.05) is 29.2 Å². The average molecular weight is 349 g/mol. The Bertz CT molecular complexity index is 712. The largest absolute Gasteiger partial charge is 0.334 e. The Morgan fingerprint density at radius 2 is 2.04 bits per heavy atom. The Morgan fingerprint density at radius 3 is 2.71 bits per heavy atom. The van der Waals surface area contributed by atoms with Gasteiger partial charge in [0.15, 0.2) is 5.82 Å². The molecular weight excluding hydrogens is 328 g/mol. The van der Waals surface area contributed by atoms with Crippen molar-refractivity contribution in [3.05, 3.63) is 35.7 Å². The van der Waals surface area contributed by atoms with Crippen molar-refractivity contribution < 1.29 is 9.32 Å². The lowest BCUT2D eigenvalue weighted by atomic mass is 10.1. The molecule has 2 aliphatic rings. The summed E-state index contributed by atoms with van der Waals surface area (Å²) >= 11 is 0. The Balaban J connectivity index is 0.00000169. The third kappa shape index (κ3) is 3.30. The molecule has 0 bridgehead atoms. The van der Waals surface area contributed by atoms with Gasteiger partial charge in [-0.25, -0.2) is 0 Å². The van der Waals surface area contributed by atoms with Crippen molar-refractivity contribution in [3.8, 4) is 11.5 Å².